The lowest BCUT2D eigenvalue weighted by atomic mass is 10.0. The Morgan fingerprint density at radius 3 is 2.62 bits per heavy atom. The lowest BCUT2D eigenvalue weighted by molar-refractivity contribution is -0.120. The summed E-state index contributed by atoms with van der Waals surface area (Å²) in [6, 6.07) is 9.53. The summed E-state index contributed by atoms with van der Waals surface area (Å²) in [7, 11) is 0. The van der Waals surface area contributed by atoms with Crippen LogP contribution in [0, 0.1) is 19.3 Å². The summed E-state index contributed by atoms with van der Waals surface area (Å²) in [5, 5.41) is 2.79. The van der Waals surface area contributed by atoms with Gasteiger partial charge in [0, 0.05) is 23.5 Å². The molecule has 0 bridgehead atoms. The van der Waals surface area contributed by atoms with E-state index in [-0.39, 0.29) is 28.8 Å². The fourth-order valence-corrected chi connectivity index (χ4v) is 4.29. The molecule has 0 saturated carbocycles. The number of hydrogen-bond donors (Lipinski definition) is 1. The molecule has 3 aromatic rings. The second-order valence-electron chi connectivity index (χ2n) is 8.23. The summed E-state index contributed by atoms with van der Waals surface area (Å²) in [6.07, 6.45) is 2.33. The Labute approximate surface area is 200 Å². The van der Waals surface area contributed by atoms with Gasteiger partial charge in [0.2, 0.25) is 0 Å². The molecule has 0 atom stereocenters. The molecule has 1 fully saturated rings. The first kappa shape index (κ1) is 23.1. The van der Waals surface area contributed by atoms with Crippen molar-refractivity contribution in [2.75, 3.05) is 9.80 Å². The average molecular weight is 478 g/mol. The topological polar surface area (TPSA) is 83.0 Å². The van der Waals surface area contributed by atoms with Gasteiger partial charge in [0.05, 0.1) is 6.57 Å². The highest BCUT2D eigenvalue weighted by atomic mass is 32.1. The molecule has 2 amide bonds. The number of nitrogens with zero attached hydrogens (tertiary/aromatic N) is 4. The van der Waals surface area contributed by atoms with Crippen LogP contribution in [-0.4, -0.2) is 27.4 Å². The van der Waals surface area contributed by atoms with Crippen molar-refractivity contribution in [3.63, 3.8) is 0 Å². The van der Waals surface area contributed by atoms with E-state index in [0.29, 0.717) is 17.1 Å². The van der Waals surface area contributed by atoms with Crippen molar-refractivity contribution in [1.82, 2.24) is 10.3 Å². The lowest BCUT2D eigenvalue weighted by Crippen LogP contribution is -2.44. The molecule has 0 radical (unpaired) electrons. The largest absolute Gasteiger partial charge is 0.451 e. The summed E-state index contributed by atoms with van der Waals surface area (Å²) in [5.41, 5.74) is 1.45. The minimum Gasteiger partial charge on any atom is -0.451 e. The van der Waals surface area contributed by atoms with Crippen molar-refractivity contribution >= 4 is 46.2 Å². The second-order valence-corrected chi connectivity index (χ2v) is 8.60. The predicted octanol–water partition coefficient (Wildman–Crippen LogP) is 4.52. The van der Waals surface area contributed by atoms with Crippen LogP contribution in [0.15, 0.2) is 53.5 Å². The van der Waals surface area contributed by atoms with Crippen LogP contribution in [0.4, 0.5) is 21.5 Å². The van der Waals surface area contributed by atoms with E-state index in [9.17, 15) is 14.0 Å². The molecule has 0 aliphatic carbocycles. The van der Waals surface area contributed by atoms with Crippen LogP contribution in [-0.2, 0) is 11.3 Å². The number of anilines is 2. The molecule has 2 aromatic carbocycles. The lowest BCUT2D eigenvalue weighted by Gasteiger charge is -2.29. The number of amides is 2. The van der Waals surface area contributed by atoms with Crippen LogP contribution in [0.2, 0.25) is 0 Å². The van der Waals surface area contributed by atoms with Crippen molar-refractivity contribution in [2.45, 2.75) is 32.9 Å². The number of nitrogens with one attached hydrogen (secondary N) is 1. The monoisotopic (exact) mass is 477 g/mol. The van der Waals surface area contributed by atoms with Crippen molar-refractivity contribution < 1.29 is 18.4 Å². The number of halogens is 1. The number of oxazole rings is 1. The van der Waals surface area contributed by atoms with Crippen molar-refractivity contribution in [1.29, 1.82) is 0 Å². The van der Waals surface area contributed by atoms with Crippen LogP contribution in [0.5, 0.6) is 0 Å². The Morgan fingerprint density at radius 2 is 2.00 bits per heavy atom. The van der Waals surface area contributed by atoms with Gasteiger partial charge in [-0.05, 0) is 62.8 Å². The highest BCUT2D eigenvalue weighted by molar-refractivity contribution is 7.81. The summed E-state index contributed by atoms with van der Waals surface area (Å²) in [4.78, 5) is 35.5. The molecule has 172 valence electrons. The van der Waals surface area contributed by atoms with Crippen LogP contribution in [0.25, 0.3) is 4.85 Å². The van der Waals surface area contributed by atoms with Gasteiger partial charge in [0.15, 0.2) is 22.9 Å². The molecule has 1 saturated heterocycles. The van der Waals surface area contributed by atoms with Crippen LogP contribution in [0.1, 0.15) is 35.5 Å². The highest BCUT2D eigenvalue weighted by Crippen LogP contribution is 2.38. The SMILES string of the molecule is [C-]#[N+]c1ccc(N2C(=O)C(C)(C)N(c3ccc(CNC(=O)c4cocn4)c(F)c3)C2=S)cc1C. The van der Waals surface area contributed by atoms with Gasteiger partial charge in [-0.15, -0.1) is 0 Å². The summed E-state index contributed by atoms with van der Waals surface area (Å²) in [5.74, 6) is -1.31. The Balaban J connectivity index is 1.59. The van der Waals surface area contributed by atoms with Gasteiger partial charge < -0.3 is 14.6 Å². The summed E-state index contributed by atoms with van der Waals surface area (Å²) in [6.45, 7) is 12.4. The zero-order valence-corrected chi connectivity index (χ0v) is 19.4. The summed E-state index contributed by atoms with van der Waals surface area (Å²) >= 11 is 5.64. The van der Waals surface area contributed by atoms with E-state index < -0.39 is 17.3 Å². The Kier molecular flexibility index (Phi) is 5.89. The van der Waals surface area contributed by atoms with E-state index in [1.807, 2.05) is 0 Å². The predicted molar refractivity (Wildman–Crippen MR) is 128 cm³/mol. The van der Waals surface area contributed by atoms with Crippen molar-refractivity contribution in [3.8, 4) is 0 Å². The zero-order chi connectivity index (χ0) is 24.6. The average Bonchev–Trinajstić information content (AvgIpc) is 3.39. The molecule has 1 aliphatic heterocycles. The third-order valence-corrected chi connectivity index (χ3v) is 5.99. The zero-order valence-electron chi connectivity index (χ0n) is 18.6. The molecule has 0 unspecified atom stereocenters. The van der Waals surface area contributed by atoms with Crippen LogP contribution < -0.4 is 15.1 Å². The first-order chi connectivity index (χ1) is 16.1. The highest BCUT2D eigenvalue weighted by Gasteiger charge is 2.50. The number of rotatable bonds is 5. The molecule has 4 rings (SSSR count). The Bertz CT molecular complexity index is 1350. The molecule has 10 heteroatoms. The van der Waals surface area contributed by atoms with Gasteiger partial charge in [-0.2, -0.15) is 0 Å². The molecule has 0 spiro atoms. The molecule has 34 heavy (non-hydrogen) atoms. The fraction of sp³-hybridized carbons (Fsp3) is 0.208. The Morgan fingerprint density at radius 1 is 1.26 bits per heavy atom. The number of carbonyl (C=O) groups excluding carboxylic acids is 2. The molecule has 1 aromatic heterocycles. The number of aromatic nitrogens is 1. The first-order valence-corrected chi connectivity index (χ1v) is 10.7. The maximum absolute atomic E-state index is 14.9. The third-order valence-electron chi connectivity index (χ3n) is 5.63. The number of hydrogen-bond acceptors (Lipinski definition) is 5. The number of carbonyl (C=O) groups is 2. The molecule has 1 N–H and O–H groups in total. The van der Waals surface area contributed by atoms with E-state index in [4.69, 9.17) is 23.2 Å². The first-order valence-electron chi connectivity index (χ1n) is 10.3. The van der Waals surface area contributed by atoms with Crippen LogP contribution >= 0.6 is 12.2 Å². The van der Waals surface area contributed by atoms with E-state index >= 15 is 0 Å². The molecule has 1 aliphatic rings. The number of aryl methyl sites for hydroxylation is 1. The Hall–Kier alpha value is -4.10. The molecular weight excluding hydrogens is 457 g/mol. The van der Waals surface area contributed by atoms with Crippen molar-refractivity contribution in [2.24, 2.45) is 0 Å². The maximum Gasteiger partial charge on any atom is 0.273 e. The number of thiocarbonyl (C=S) groups is 1. The fourth-order valence-electron chi connectivity index (χ4n) is 3.77. The number of benzene rings is 2. The standard InChI is InChI=1S/C24H20FN5O3S/c1-14-9-16(7-8-19(14)26-4)29-22(32)24(2,3)30(23(29)34)17-6-5-15(18(25)10-17)11-27-21(31)20-12-33-13-28-20/h5-10,12-13H,11H2,1-3H3,(H,27,31). The van der Waals surface area contributed by atoms with Gasteiger partial charge in [0.1, 0.15) is 17.6 Å². The van der Waals surface area contributed by atoms with E-state index in [2.05, 4.69) is 15.1 Å². The maximum atomic E-state index is 14.9. The molecule has 8 nitrogen and oxygen atoms in total. The molecule has 2 heterocycles. The second kappa shape index (κ2) is 8.68. The van der Waals surface area contributed by atoms with Gasteiger partial charge >= 0.3 is 0 Å². The normalized spacial score (nSPS) is 14.9. The quantitative estimate of drug-likeness (QED) is 0.430. The van der Waals surface area contributed by atoms with E-state index in [1.165, 1.54) is 23.3 Å². The van der Waals surface area contributed by atoms with E-state index in [0.717, 1.165) is 12.0 Å². The smallest absolute Gasteiger partial charge is 0.273 e. The van der Waals surface area contributed by atoms with E-state index in [1.54, 1.807) is 49.9 Å². The summed E-state index contributed by atoms with van der Waals surface area (Å²) < 4.78 is 19.7. The van der Waals surface area contributed by atoms with Gasteiger partial charge in [-0.1, -0.05) is 12.1 Å². The molecular formula is C24H20FN5O3S. The minimum atomic E-state index is -1.07. The van der Waals surface area contributed by atoms with Gasteiger partial charge in [-0.25, -0.2) is 14.2 Å². The van der Waals surface area contributed by atoms with Crippen molar-refractivity contribution in [3.05, 3.63) is 83.1 Å². The minimum absolute atomic E-state index is 0.0522. The van der Waals surface area contributed by atoms with Gasteiger partial charge in [0.25, 0.3) is 11.8 Å². The third kappa shape index (κ3) is 3.91. The van der Waals surface area contributed by atoms with Crippen LogP contribution in [0.3, 0.4) is 0 Å². The van der Waals surface area contributed by atoms with Gasteiger partial charge in [-0.3, -0.25) is 14.5 Å².